The van der Waals surface area contributed by atoms with E-state index < -0.39 is 0 Å². The van der Waals surface area contributed by atoms with Crippen LogP contribution in [-0.2, 0) is 0 Å². The van der Waals surface area contributed by atoms with Crippen molar-refractivity contribution in [2.75, 3.05) is 11.2 Å². The summed E-state index contributed by atoms with van der Waals surface area (Å²) in [5.74, 6) is 5.67. The van der Waals surface area contributed by atoms with E-state index in [2.05, 4.69) is 15.4 Å². The third kappa shape index (κ3) is 2.64. The molecule has 18 heavy (non-hydrogen) atoms. The summed E-state index contributed by atoms with van der Waals surface area (Å²) in [5, 5.41) is 0. The average molecular weight is 249 g/mol. The molecule has 1 heterocycles. The van der Waals surface area contributed by atoms with Gasteiger partial charge >= 0.3 is 0 Å². The lowest BCUT2D eigenvalue weighted by atomic mass is 10.2. The van der Waals surface area contributed by atoms with Crippen LogP contribution in [0.2, 0.25) is 0 Å². The van der Waals surface area contributed by atoms with Gasteiger partial charge in [0.25, 0.3) is 0 Å². The molecule has 2 aromatic rings. The number of nitrogens with two attached hydrogens (primary N) is 2. The van der Waals surface area contributed by atoms with Gasteiger partial charge in [0.1, 0.15) is 17.4 Å². The Hall–Kier alpha value is -2.41. The predicted octanol–water partition coefficient (Wildman–Crippen LogP) is 1.58. The lowest BCUT2D eigenvalue weighted by Gasteiger charge is -2.07. The molecule has 94 valence electrons. The lowest BCUT2D eigenvalue weighted by Crippen LogP contribution is -2.10. The Morgan fingerprint density at radius 1 is 1.28 bits per heavy atom. The van der Waals surface area contributed by atoms with E-state index in [4.69, 9.17) is 16.3 Å². The van der Waals surface area contributed by atoms with Crippen LogP contribution in [0.3, 0.4) is 0 Å². The fourth-order valence-corrected chi connectivity index (χ4v) is 1.33. The molecule has 1 aromatic heterocycles. The summed E-state index contributed by atoms with van der Waals surface area (Å²) in [6.45, 7) is 1.66. The van der Waals surface area contributed by atoms with Gasteiger partial charge in [0.15, 0.2) is 0 Å². The number of ether oxygens (including phenoxy) is 1. The monoisotopic (exact) mass is 249 g/mol. The standard InChI is InChI=1S/C11H12FN5O/c1-6-2-3-7(4-8(6)12)18-10-5-9(17-14)15-11(13)16-10/h2-5H,14H2,1H3,(H3,13,15,16,17). The molecule has 0 saturated carbocycles. The van der Waals surface area contributed by atoms with Crippen LogP contribution in [0.4, 0.5) is 16.2 Å². The van der Waals surface area contributed by atoms with Crippen molar-refractivity contribution in [3.63, 3.8) is 0 Å². The number of hydrogen-bond acceptors (Lipinski definition) is 6. The second-order valence-electron chi connectivity index (χ2n) is 3.61. The molecule has 0 saturated heterocycles. The first kappa shape index (κ1) is 12.1. The highest BCUT2D eigenvalue weighted by molar-refractivity contribution is 5.43. The molecule has 0 atom stereocenters. The van der Waals surface area contributed by atoms with Crippen molar-refractivity contribution >= 4 is 11.8 Å². The van der Waals surface area contributed by atoms with Crippen molar-refractivity contribution in [1.82, 2.24) is 9.97 Å². The highest BCUT2D eigenvalue weighted by Crippen LogP contribution is 2.23. The number of nitrogens with one attached hydrogen (secondary N) is 1. The minimum absolute atomic E-state index is 0.00744. The van der Waals surface area contributed by atoms with Crippen molar-refractivity contribution in [3.8, 4) is 11.6 Å². The third-order valence-electron chi connectivity index (χ3n) is 2.23. The molecule has 0 aliphatic heterocycles. The van der Waals surface area contributed by atoms with Gasteiger partial charge in [0.05, 0.1) is 0 Å². The topological polar surface area (TPSA) is 99.1 Å². The Balaban J connectivity index is 2.27. The van der Waals surface area contributed by atoms with Crippen LogP contribution in [0, 0.1) is 12.7 Å². The van der Waals surface area contributed by atoms with Crippen LogP contribution < -0.4 is 21.7 Å². The summed E-state index contributed by atoms with van der Waals surface area (Å²) < 4.78 is 18.7. The van der Waals surface area contributed by atoms with E-state index in [0.29, 0.717) is 17.1 Å². The Kier molecular flexibility index (Phi) is 3.24. The van der Waals surface area contributed by atoms with Gasteiger partial charge in [-0.3, -0.25) is 0 Å². The summed E-state index contributed by atoms with van der Waals surface area (Å²) in [6, 6.07) is 5.96. The third-order valence-corrected chi connectivity index (χ3v) is 2.23. The quantitative estimate of drug-likeness (QED) is 0.564. The molecule has 0 unspecified atom stereocenters. The van der Waals surface area contributed by atoms with Crippen molar-refractivity contribution in [2.45, 2.75) is 6.92 Å². The first-order chi connectivity index (χ1) is 8.58. The van der Waals surface area contributed by atoms with Gasteiger partial charge in [-0.15, -0.1) is 0 Å². The fraction of sp³-hybridized carbons (Fsp3) is 0.0909. The Morgan fingerprint density at radius 3 is 2.72 bits per heavy atom. The molecule has 0 radical (unpaired) electrons. The maximum atomic E-state index is 13.3. The second kappa shape index (κ2) is 4.84. The summed E-state index contributed by atoms with van der Waals surface area (Å²) in [4.78, 5) is 7.66. The summed E-state index contributed by atoms with van der Waals surface area (Å²) in [5.41, 5.74) is 8.34. The Bertz CT molecular complexity index is 575. The number of aryl methyl sites for hydroxylation is 1. The number of anilines is 2. The van der Waals surface area contributed by atoms with E-state index in [1.165, 1.54) is 12.1 Å². The lowest BCUT2D eigenvalue weighted by molar-refractivity contribution is 0.457. The van der Waals surface area contributed by atoms with Gasteiger partial charge < -0.3 is 15.9 Å². The van der Waals surface area contributed by atoms with E-state index >= 15 is 0 Å². The Morgan fingerprint density at radius 2 is 2.06 bits per heavy atom. The summed E-state index contributed by atoms with van der Waals surface area (Å²) in [6.07, 6.45) is 0. The number of aromatic nitrogens is 2. The van der Waals surface area contributed by atoms with Crippen LogP contribution in [0.1, 0.15) is 5.56 Å². The van der Waals surface area contributed by atoms with Crippen LogP contribution in [0.15, 0.2) is 24.3 Å². The van der Waals surface area contributed by atoms with E-state index in [0.717, 1.165) is 0 Å². The summed E-state index contributed by atoms with van der Waals surface area (Å²) >= 11 is 0. The first-order valence-electron chi connectivity index (χ1n) is 5.13. The highest BCUT2D eigenvalue weighted by atomic mass is 19.1. The summed E-state index contributed by atoms with van der Waals surface area (Å²) in [7, 11) is 0. The average Bonchev–Trinajstić information content (AvgIpc) is 2.33. The Labute approximate surface area is 103 Å². The van der Waals surface area contributed by atoms with Crippen molar-refractivity contribution < 1.29 is 9.13 Å². The van der Waals surface area contributed by atoms with Gasteiger partial charge in [-0.05, 0) is 18.6 Å². The molecule has 1 aromatic carbocycles. The number of nitrogens with zero attached hydrogens (tertiary/aromatic N) is 2. The van der Waals surface area contributed by atoms with E-state index in [1.807, 2.05) is 0 Å². The number of halogens is 1. The smallest absolute Gasteiger partial charge is 0.226 e. The van der Waals surface area contributed by atoms with Gasteiger partial charge in [0, 0.05) is 12.1 Å². The molecule has 0 fully saturated rings. The molecule has 2 rings (SSSR count). The zero-order valence-electron chi connectivity index (χ0n) is 9.64. The molecule has 0 aliphatic rings. The molecule has 5 N–H and O–H groups in total. The van der Waals surface area contributed by atoms with E-state index in [9.17, 15) is 4.39 Å². The number of hydrazine groups is 1. The second-order valence-corrected chi connectivity index (χ2v) is 3.61. The maximum Gasteiger partial charge on any atom is 0.226 e. The largest absolute Gasteiger partial charge is 0.439 e. The first-order valence-corrected chi connectivity index (χ1v) is 5.13. The van der Waals surface area contributed by atoms with Crippen molar-refractivity contribution in [2.24, 2.45) is 5.84 Å². The van der Waals surface area contributed by atoms with E-state index in [-0.39, 0.29) is 17.6 Å². The van der Waals surface area contributed by atoms with Crippen molar-refractivity contribution in [3.05, 3.63) is 35.6 Å². The van der Waals surface area contributed by atoms with Crippen LogP contribution in [0.25, 0.3) is 0 Å². The molecule has 7 heteroatoms. The molecule has 6 nitrogen and oxygen atoms in total. The number of rotatable bonds is 3. The van der Waals surface area contributed by atoms with Crippen LogP contribution >= 0.6 is 0 Å². The molecular formula is C11H12FN5O. The molecule has 0 spiro atoms. The minimum atomic E-state index is -0.355. The fourth-order valence-electron chi connectivity index (χ4n) is 1.33. The molecule has 0 amide bonds. The SMILES string of the molecule is Cc1ccc(Oc2cc(NN)nc(N)n2)cc1F. The van der Waals surface area contributed by atoms with E-state index in [1.54, 1.807) is 19.1 Å². The zero-order valence-corrected chi connectivity index (χ0v) is 9.64. The molecule has 0 aliphatic carbocycles. The van der Waals surface area contributed by atoms with Gasteiger partial charge in [-0.1, -0.05) is 6.07 Å². The number of nitrogen functional groups attached to an aromatic ring is 2. The number of hydrogen-bond donors (Lipinski definition) is 3. The number of benzene rings is 1. The highest BCUT2D eigenvalue weighted by Gasteiger charge is 2.05. The molecule has 0 bridgehead atoms. The van der Waals surface area contributed by atoms with Crippen LogP contribution in [0.5, 0.6) is 11.6 Å². The minimum Gasteiger partial charge on any atom is -0.439 e. The normalized spacial score (nSPS) is 10.2. The molecular weight excluding hydrogens is 237 g/mol. The maximum absolute atomic E-state index is 13.3. The zero-order chi connectivity index (χ0) is 13.1. The van der Waals surface area contributed by atoms with Gasteiger partial charge in [-0.2, -0.15) is 9.97 Å². The predicted molar refractivity (Wildman–Crippen MR) is 65.5 cm³/mol. The van der Waals surface area contributed by atoms with Crippen LogP contribution in [-0.4, -0.2) is 9.97 Å². The van der Waals surface area contributed by atoms with Gasteiger partial charge in [0.2, 0.25) is 11.8 Å². The van der Waals surface area contributed by atoms with Gasteiger partial charge in [-0.25, -0.2) is 10.2 Å². The van der Waals surface area contributed by atoms with Crippen molar-refractivity contribution in [1.29, 1.82) is 0 Å².